The van der Waals surface area contributed by atoms with Crippen molar-refractivity contribution >= 4 is 10.9 Å². The zero-order chi connectivity index (χ0) is 22.9. The Morgan fingerprint density at radius 3 is 2.50 bits per heavy atom. The lowest BCUT2D eigenvalue weighted by molar-refractivity contribution is -0.141. The van der Waals surface area contributed by atoms with Gasteiger partial charge in [0.25, 0.3) is 5.56 Å². The molecular weight excluding hydrogens is 419 g/mol. The molecule has 0 spiro atoms. The predicted molar refractivity (Wildman–Crippen MR) is 117 cm³/mol. The van der Waals surface area contributed by atoms with E-state index < -0.39 is 11.9 Å². The Morgan fingerprint density at radius 1 is 1.06 bits per heavy atom. The normalized spacial score (nSPS) is 11.9. The van der Waals surface area contributed by atoms with E-state index >= 15 is 0 Å². The molecule has 1 aromatic carbocycles. The first-order valence-corrected chi connectivity index (χ1v) is 10.3. The SMILES string of the molecule is CCCc1c(CCN)[nH]c2cc(-n3ccc(-c4ccc(C(F)(F)F)nn4)cc3=O)ccc12. The molecule has 0 bridgehead atoms. The molecule has 166 valence electrons. The van der Waals surface area contributed by atoms with Gasteiger partial charge in [-0.2, -0.15) is 13.2 Å². The quantitative estimate of drug-likeness (QED) is 0.468. The van der Waals surface area contributed by atoms with Gasteiger partial charge in [0.05, 0.1) is 11.4 Å². The smallest absolute Gasteiger partial charge is 0.358 e. The number of aromatic nitrogens is 4. The summed E-state index contributed by atoms with van der Waals surface area (Å²) in [6, 6.07) is 10.8. The molecule has 0 fully saturated rings. The van der Waals surface area contributed by atoms with Crippen molar-refractivity contribution in [2.24, 2.45) is 5.73 Å². The summed E-state index contributed by atoms with van der Waals surface area (Å²) in [5, 5.41) is 7.94. The van der Waals surface area contributed by atoms with Crippen molar-refractivity contribution in [3.63, 3.8) is 0 Å². The van der Waals surface area contributed by atoms with Crippen LogP contribution in [0.15, 0.2) is 53.5 Å². The van der Waals surface area contributed by atoms with Gasteiger partial charge in [-0.3, -0.25) is 9.36 Å². The van der Waals surface area contributed by atoms with Crippen LogP contribution in [-0.2, 0) is 19.0 Å². The zero-order valence-electron chi connectivity index (χ0n) is 17.4. The summed E-state index contributed by atoms with van der Waals surface area (Å²) in [5.41, 5.74) is 8.90. The lowest BCUT2D eigenvalue weighted by Crippen LogP contribution is -2.16. The van der Waals surface area contributed by atoms with E-state index in [0.29, 0.717) is 17.8 Å². The van der Waals surface area contributed by atoms with Gasteiger partial charge >= 0.3 is 6.18 Å². The predicted octanol–water partition coefficient (Wildman–Crippen LogP) is 4.25. The van der Waals surface area contributed by atoms with Crippen molar-refractivity contribution in [1.29, 1.82) is 0 Å². The number of aryl methyl sites for hydroxylation is 1. The summed E-state index contributed by atoms with van der Waals surface area (Å²) in [6.45, 7) is 2.67. The number of nitrogens with two attached hydrogens (primary N) is 1. The monoisotopic (exact) mass is 441 g/mol. The number of benzene rings is 1. The van der Waals surface area contributed by atoms with E-state index in [9.17, 15) is 18.0 Å². The molecule has 32 heavy (non-hydrogen) atoms. The number of nitrogens with zero attached hydrogens (tertiary/aromatic N) is 3. The topological polar surface area (TPSA) is 89.6 Å². The Hall–Kier alpha value is -3.46. The number of hydrogen-bond acceptors (Lipinski definition) is 4. The van der Waals surface area contributed by atoms with Crippen molar-refractivity contribution in [3.05, 3.63) is 76.0 Å². The fourth-order valence-corrected chi connectivity index (χ4v) is 3.83. The summed E-state index contributed by atoms with van der Waals surface area (Å²) >= 11 is 0. The zero-order valence-corrected chi connectivity index (χ0v) is 17.4. The maximum Gasteiger partial charge on any atom is 0.435 e. The molecule has 9 heteroatoms. The van der Waals surface area contributed by atoms with Gasteiger partial charge in [0.15, 0.2) is 5.69 Å². The highest BCUT2D eigenvalue weighted by molar-refractivity contribution is 5.86. The van der Waals surface area contributed by atoms with E-state index in [1.807, 2.05) is 18.2 Å². The summed E-state index contributed by atoms with van der Waals surface area (Å²) in [6.07, 6.45) is -0.277. The number of rotatable bonds is 6. The van der Waals surface area contributed by atoms with E-state index in [1.54, 1.807) is 12.3 Å². The third-order valence-electron chi connectivity index (χ3n) is 5.32. The first-order valence-electron chi connectivity index (χ1n) is 10.3. The maximum atomic E-state index is 12.8. The van der Waals surface area contributed by atoms with Crippen LogP contribution in [0.5, 0.6) is 0 Å². The first kappa shape index (κ1) is 21.8. The van der Waals surface area contributed by atoms with E-state index in [4.69, 9.17) is 5.73 Å². The standard InChI is InChI=1S/C23H22F3N5O/c1-2-3-16-17-5-4-15(13-20(17)28-19(16)8-10-27)31-11-9-14(12-22(31)32)18-6-7-21(30-29-18)23(24,25)26/h4-7,9,11-13,28H,2-3,8,10,27H2,1H3. The number of H-pyrrole nitrogens is 1. The molecular formula is C23H22F3N5O. The van der Waals surface area contributed by atoms with E-state index in [2.05, 4.69) is 22.1 Å². The van der Waals surface area contributed by atoms with Gasteiger partial charge in [-0.25, -0.2) is 0 Å². The Kier molecular flexibility index (Phi) is 5.84. The fourth-order valence-electron chi connectivity index (χ4n) is 3.83. The van der Waals surface area contributed by atoms with Crippen LogP contribution in [0.3, 0.4) is 0 Å². The maximum absolute atomic E-state index is 12.8. The number of halogens is 3. The molecule has 0 radical (unpaired) electrons. The number of nitrogens with one attached hydrogen (secondary N) is 1. The van der Waals surface area contributed by atoms with Crippen LogP contribution in [-0.4, -0.2) is 26.3 Å². The number of aromatic amines is 1. The van der Waals surface area contributed by atoms with Crippen LogP contribution < -0.4 is 11.3 Å². The van der Waals surface area contributed by atoms with Crippen LogP contribution in [0, 0.1) is 0 Å². The van der Waals surface area contributed by atoms with Gasteiger partial charge in [0, 0.05) is 40.8 Å². The van der Waals surface area contributed by atoms with Crippen LogP contribution in [0.25, 0.3) is 27.8 Å². The third kappa shape index (κ3) is 4.16. The second-order valence-electron chi connectivity index (χ2n) is 7.53. The second-order valence-corrected chi connectivity index (χ2v) is 7.53. The largest absolute Gasteiger partial charge is 0.435 e. The van der Waals surface area contributed by atoms with Gasteiger partial charge in [-0.05, 0) is 48.9 Å². The molecule has 3 aromatic heterocycles. The number of hydrogen-bond donors (Lipinski definition) is 2. The van der Waals surface area contributed by atoms with Crippen LogP contribution in [0.4, 0.5) is 13.2 Å². The molecule has 0 saturated carbocycles. The lowest BCUT2D eigenvalue weighted by Gasteiger charge is -2.08. The van der Waals surface area contributed by atoms with E-state index in [1.165, 1.54) is 22.3 Å². The number of fused-ring (bicyclic) bond motifs is 1. The second kappa shape index (κ2) is 8.58. The highest BCUT2D eigenvalue weighted by atomic mass is 19.4. The minimum absolute atomic E-state index is 0.192. The summed E-state index contributed by atoms with van der Waals surface area (Å²) in [7, 11) is 0. The lowest BCUT2D eigenvalue weighted by atomic mass is 10.0. The molecule has 0 atom stereocenters. The Morgan fingerprint density at radius 2 is 1.88 bits per heavy atom. The van der Waals surface area contributed by atoms with Crippen molar-refractivity contribution in [3.8, 4) is 16.9 Å². The molecule has 3 heterocycles. The molecule has 0 unspecified atom stereocenters. The molecule has 0 aliphatic carbocycles. The van der Waals surface area contributed by atoms with Gasteiger partial charge in [-0.1, -0.05) is 19.4 Å². The first-order chi connectivity index (χ1) is 15.3. The highest BCUT2D eigenvalue weighted by Crippen LogP contribution is 2.28. The molecule has 6 nitrogen and oxygen atoms in total. The molecule has 4 rings (SSSR count). The Bertz CT molecular complexity index is 1310. The van der Waals surface area contributed by atoms with Gasteiger partial charge in [0.1, 0.15) is 0 Å². The summed E-state index contributed by atoms with van der Waals surface area (Å²) < 4.78 is 39.5. The van der Waals surface area contributed by atoms with E-state index in [-0.39, 0.29) is 11.3 Å². The van der Waals surface area contributed by atoms with Crippen molar-refractivity contribution in [1.82, 2.24) is 19.7 Å². The summed E-state index contributed by atoms with van der Waals surface area (Å²) in [5.74, 6) is 0. The van der Waals surface area contributed by atoms with Gasteiger partial charge in [-0.15, -0.1) is 10.2 Å². The van der Waals surface area contributed by atoms with E-state index in [0.717, 1.165) is 41.9 Å². The summed E-state index contributed by atoms with van der Waals surface area (Å²) in [4.78, 5) is 16.2. The van der Waals surface area contributed by atoms with Gasteiger partial charge in [0.2, 0.25) is 0 Å². The molecule has 0 amide bonds. The average molecular weight is 441 g/mol. The molecule has 3 N–H and O–H groups in total. The minimum Gasteiger partial charge on any atom is -0.358 e. The van der Waals surface area contributed by atoms with Gasteiger partial charge < -0.3 is 10.7 Å². The molecule has 0 aliphatic heterocycles. The van der Waals surface area contributed by atoms with Crippen molar-refractivity contribution < 1.29 is 13.2 Å². The molecule has 4 aromatic rings. The molecule has 0 aliphatic rings. The van der Waals surface area contributed by atoms with Crippen LogP contribution >= 0.6 is 0 Å². The number of pyridine rings is 1. The third-order valence-corrected chi connectivity index (χ3v) is 5.32. The van der Waals surface area contributed by atoms with Crippen molar-refractivity contribution in [2.75, 3.05) is 6.54 Å². The average Bonchev–Trinajstić information content (AvgIpc) is 3.10. The highest BCUT2D eigenvalue weighted by Gasteiger charge is 2.32. The van der Waals surface area contributed by atoms with Crippen LogP contribution in [0.1, 0.15) is 30.3 Å². The molecule has 0 saturated heterocycles. The Labute approximate surface area is 181 Å². The van der Waals surface area contributed by atoms with Crippen LogP contribution in [0.2, 0.25) is 0 Å². The number of alkyl halides is 3. The Balaban J connectivity index is 1.69. The van der Waals surface area contributed by atoms with Crippen molar-refractivity contribution in [2.45, 2.75) is 32.4 Å². The fraction of sp³-hybridized carbons (Fsp3) is 0.261. The minimum atomic E-state index is -4.56.